The summed E-state index contributed by atoms with van der Waals surface area (Å²) in [7, 11) is 0. The van der Waals surface area contributed by atoms with E-state index < -0.39 is 0 Å². The summed E-state index contributed by atoms with van der Waals surface area (Å²) in [6, 6.07) is 4.53. The first-order valence-corrected chi connectivity index (χ1v) is 6.78. The molecule has 0 aromatic carbocycles. The zero-order chi connectivity index (χ0) is 12.1. The zero-order valence-corrected chi connectivity index (χ0v) is 11.5. The lowest BCUT2D eigenvalue weighted by Gasteiger charge is -2.35. The molecule has 0 unspecified atom stereocenters. The van der Waals surface area contributed by atoms with Gasteiger partial charge in [0.25, 0.3) is 0 Å². The van der Waals surface area contributed by atoms with E-state index >= 15 is 0 Å². The molecule has 92 valence electrons. The highest BCUT2D eigenvalue weighted by molar-refractivity contribution is 9.10. The van der Waals surface area contributed by atoms with Crippen molar-refractivity contribution < 1.29 is 0 Å². The fourth-order valence-electron chi connectivity index (χ4n) is 2.27. The molecule has 0 aliphatic carbocycles. The second-order valence-corrected chi connectivity index (χ2v) is 4.96. The maximum absolute atomic E-state index is 4.32. The normalized spacial score (nSPS) is 18.9. The lowest BCUT2D eigenvalue weighted by atomic mass is 10.0. The number of hydrogen-bond donors (Lipinski definition) is 1. The van der Waals surface area contributed by atoms with Crippen LogP contribution in [-0.2, 0) is 0 Å². The van der Waals surface area contributed by atoms with Gasteiger partial charge in [0.2, 0.25) is 0 Å². The van der Waals surface area contributed by atoms with E-state index in [1.165, 1.54) is 5.56 Å². The van der Waals surface area contributed by atoms with E-state index in [1.54, 1.807) is 0 Å². The van der Waals surface area contributed by atoms with Gasteiger partial charge in [-0.05, 0) is 28.4 Å². The average Bonchev–Trinajstić information content (AvgIpc) is 2.38. The molecule has 0 radical (unpaired) electrons. The van der Waals surface area contributed by atoms with E-state index in [0.717, 1.165) is 37.2 Å². The lowest BCUT2D eigenvalue weighted by Crippen LogP contribution is -2.45. The highest BCUT2D eigenvalue weighted by atomic mass is 79.9. The number of pyridine rings is 1. The van der Waals surface area contributed by atoms with Crippen LogP contribution >= 0.6 is 15.9 Å². The van der Waals surface area contributed by atoms with E-state index in [-0.39, 0.29) is 0 Å². The summed E-state index contributed by atoms with van der Waals surface area (Å²) in [4.78, 5) is 6.82. The molecule has 1 fully saturated rings. The molecule has 4 heteroatoms. The van der Waals surface area contributed by atoms with Crippen LogP contribution in [0.3, 0.4) is 0 Å². The van der Waals surface area contributed by atoms with Crippen LogP contribution in [-0.4, -0.2) is 36.1 Å². The van der Waals surface area contributed by atoms with Gasteiger partial charge in [-0.3, -0.25) is 4.90 Å². The summed E-state index contributed by atoms with van der Waals surface area (Å²) < 4.78 is 0.949. The molecule has 1 aliphatic heterocycles. The molecule has 0 bridgehead atoms. The molecule has 1 aliphatic rings. The van der Waals surface area contributed by atoms with Gasteiger partial charge in [0.15, 0.2) is 0 Å². The summed E-state index contributed by atoms with van der Waals surface area (Å²) in [5, 5.41) is 3.38. The van der Waals surface area contributed by atoms with Gasteiger partial charge >= 0.3 is 0 Å². The number of rotatable bonds is 4. The van der Waals surface area contributed by atoms with E-state index in [4.69, 9.17) is 0 Å². The van der Waals surface area contributed by atoms with Crippen LogP contribution in [0.5, 0.6) is 0 Å². The van der Waals surface area contributed by atoms with E-state index in [2.05, 4.69) is 43.8 Å². The molecule has 0 spiro atoms. The standard InChI is InChI=1S/C13H18BrN3/c1-2-4-12(17-9-7-15-8-10-17)11-5-3-6-16-13(11)14/h2-3,5-6,12,15H,1,4,7-10H2/t12-/m0/s1. The van der Waals surface area contributed by atoms with Gasteiger partial charge in [-0.25, -0.2) is 4.98 Å². The smallest absolute Gasteiger partial charge is 0.110 e. The molecule has 1 atom stereocenters. The first-order valence-electron chi connectivity index (χ1n) is 5.99. The number of hydrogen-bond acceptors (Lipinski definition) is 3. The van der Waals surface area contributed by atoms with Gasteiger partial charge in [-0.2, -0.15) is 0 Å². The van der Waals surface area contributed by atoms with Crippen molar-refractivity contribution in [2.45, 2.75) is 12.5 Å². The third-order valence-electron chi connectivity index (χ3n) is 3.13. The third-order valence-corrected chi connectivity index (χ3v) is 3.79. The van der Waals surface area contributed by atoms with Crippen LogP contribution in [0, 0.1) is 0 Å². The Morgan fingerprint density at radius 1 is 1.53 bits per heavy atom. The molecule has 0 saturated carbocycles. The lowest BCUT2D eigenvalue weighted by molar-refractivity contribution is 0.173. The molecule has 1 aromatic rings. The van der Waals surface area contributed by atoms with Crippen LogP contribution in [0.25, 0.3) is 0 Å². The molecule has 17 heavy (non-hydrogen) atoms. The minimum absolute atomic E-state index is 0.387. The van der Waals surface area contributed by atoms with Crippen molar-refractivity contribution in [1.29, 1.82) is 0 Å². The van der Waals surface area contributed by atoms with E-state index in [9.17, 15) is 0 Å². The number of aromatic nitrogens is 1. The predicted molar refractivity (Wildman–Crippen MR) is 73.9 cm³/mol. The maximum atomic E-state index is 4.32. The fraction of sp³-hybridized carbons (Fsp3) is 0.462. The number of nitrogens with one attached hydrogen (secondary N) is 1. The highest BCUT2D eigenvalue weighted by Gasteiger charge is 2.22. The summed E-state index contributed by atoms with van der Waals surface area (Å²) in [5.74, 6) is 0. The third kappa shape index (κ3) is 3.15. The van der Waals surface area contributed by atoms with Gasteiger partial charge in [0.05, 0.1) is 0 Å². The predicted octanol–water partition coefficient (Wildman–Crippen LogP) is 2.37. The Kier molecular flexibility index (Phi) is 4.71. The summed E-state index contributed by atoms with van der Waals surface area (Å²) in [5.41, 5.74) is 1.26. The number of piperazine rings is 1. The van der Waals surface area contributed by atoms with E-state index in [1.807, 2.05) is 18.3 Å². The number of nitrogens with zero attached hydrogens (tertiary/aromatic N) is 2. The summed E-state index contributed by atoms with van der Waals surface area (Å²) in [6.45, 7) is 8.16. The van der Waals surface area contributed by atoms with E-state index in [0.29, 0.717) is 6.04 Å². The highest BCUT2D eigenvalue weighted by Crippen LogP contribution is 2.29. The van der Waals surface area contributed by atoms with Gasteiger partial charge in [-0.1, -0.05) is 12.1 Å². The molecule has 1 aromatic heterocycles. The van der Waals surface area contributed by atoms with Crippen molar-refractivity contribution in [3.8, 4) is 0 Å². The topological polar surface area (TPSA) is 28.2 Å². The minimum atomic E-state index is 0.387. The van der Waals surface area contributed by atoms with Crippen LogP contribution in [0.4, 0.5) is 0 Å². The molecular weight excluding hydrogens is 278 g/mol. The van der Waals surface area contributed by atoms with Crippen molar-refractivity contribution in [2.75, 3.05) is 26.2 Å². The quantitative estimate of drug-likeness (QED) is 0.683. The molecule has 3 nitrogen and oxygen atoms in total. The Morgan fingerprint density at radius 3 is 2.94 bits per heavy atom. The van der Waals surface area contributed by atoms with Crippen molar-refractivity contribution in [3.05, 3.63) is 41.2 Å². The van der Waals surface area contributed by atoms with Gasteiger partial charge in [-0.15, -0.1) is 6.58 Å². The van der Waals surface area contributed by atoms with Crippen molar-refractivity contribution in [1.82, 2.24) is 15.2 Å². The first kappa shape index (κ1) is 12.7. The largest absolute Gasteiger partial charge is 0.314 e. The molecular formula is C13H18BrN3. The average molecular weight is 296 g/mol. The van der Waals surface area contributed by atoms with Gasteiger partial charge in [0, 0.05) is 44.0 Å². The Bertz CT molecular complexity index is 375. The van der Waals surface area contributed by atoms with Gasteiger partial charge < -0.3 is 5.32 Å². The first-order chi connectivity index (χ1) is 8.33. The fourth-order valence-corrected chi connectivity index (χ4v) is 2.79. The van der Waals surface area contributed by atoms with Crippen LogP contribution < -0.4 is 5.32 Å². The molecule has 1 N–H and O–H groups in total. The Labute approximate surface area is 111 Å². The second kappa shape index (κ2) is 6.28. The van der Waals surface area contributed by atoms with Crippen LogP contribution in [0.15, 0.2) is 35.6 Å². The molecule has 1 saturated heterocycles. The van der Waals surface area contributed by atoms with Crippen molar-refractivity contribution in [2.24, 2.45) is 0 Å². The Morgan fingerprint density at radius 2 is 2.29 bits per heavy atom. The van der Waals surface area contributed by atoms with Crippen molar-refractivity contribution in [3.63, 3.8) is 0 Å². The summed E-state index contributed by atoms with van der Waals surface area (Å²) in [6.07, 6.45) is 4.77. The molecule has 0 amide bonds. The van der Waals surface area contributed by atoms with Crippen LogP contribution in [0.2, 0.25) is 0 Å². The molecule has 2 heterocycles. The minimum Gasteiger partial charge on any atom is -0.314 e. The van der Waals surface area contributed by atoms with Crippen molar-refractivity contribution >= 4 is 15.9 Å². The second-order valence-electron chi connectivity index (χ2n) is 4.21. The zero-order valence-electron chi connectivity index (χ0n) is 9.90. The van der Waals surface area contributed by atoms with Crippen LogP contribution in [0.1, 0.15) is 18.0 Å². The Balaban J connectivity index is 2.21. The maximum Gasteiger partial charge on any atom is 0.110 e. The molecule has 2 rings (SSSR count). The van der Waals surface area contributed by atoms with Gasteiger partial charge in [0.1, 0.15) is 4.60 Å². The number of halogens is 1. The Hall–Kier alpha value is -0.710. The summed E-state index contributed by atoms with van der Waals surface area (Å²) >= 11 is 3.55. The SMILES string of the molecule is C=CC[C@@H](c1cccnc1Br)N1CCNCC1. The monoisotopic (exact) mass is 295 g/mol.